The minimum Gasteiger partial charge on any atom is -0.396 e. The Morgan fingerprint density at radius 1 is 0.635 bits per heavy atom. The summed E-state index contributed by atoms with van der Waals surface area (Å²) in [5, 5.41) is 15.6. The van der Waals surface area contributed by atoms with Crippen LogP contribution < -0.4 is 36.0 Å². The van der Waals surface area contributed by atoms with Crippen molar-refractivity contribution >= 4 is 64.0 Å². The number of aliphatic hydroxyl groups excluding tert-OH is 1. The first-order chi connectivity index (χ1) is 30.4. The third-order valence-corrected chi connectivity index (χ3v) is 12.2. The maximum atomic E-state index is 14.4. The molecular weight excluding hydrogens is 813 g/mol. The van der Waals surface area contributed by atoms with E-state index in [2.05, 4.69) is 40.4 Å². The molecule has 4 aliphatic heterocycles. The topological polar surface area (TPSA) is 193 Å². The molecule has 3 amide bonds. The van der Waals surface area contributed by atoms with E-state index < -0.39 is 11.6 Å². The molecule has 8 rings (SSSR count). The fourth-order valence-corrected chi connectivity index (χ4v) is 8.34. The lowest BCUT2D eigenvalue weighted by Crippen LogP contribution is -2.48. The molecule has 0 aliphatic carbocycles. The van der Waals surface area contributed by atoms with Gasteiger partial charge in [-0.15, -0.1) is 0 Å². The molecule has 4 aliphatic rings. The van der Waals surface area contributed by atoms with Crippen LogP contribution in [-0.4, -0.2) is 138 Å². The molecule has 2 aromatic heterocycles. The highest BCUT2D eigenvalue weighted by Crippen LogP contribution is 2.28. The highest BCUT2D eigenvalue weighted by Gasteiger charge is 2.28. The van der Waals surface area contributed by atoms with Gasteiger partial charge < -0.3 is 50.9 Å². The molecule has 0 saturated carbocycles. The van der Waals surface area contributed by atoms with Gasteiger partial charge in [-0.25, -0.2) is 18.7 Å². The fraction of sp³-hybridized carbons (Fsp3) is 0.477. The molecule has 4 saturated heterocycles. The van der Waals surface area contributed by atoms with Crippen molar-refractivity contribution in [2.75, 3.05) is 115 Å². The molecule has 0 radical (unpaired) electrons. The van der Waals surface area contributed by atoms with Crippen LogP contribution in [0.15, 0.2) is 60.9 Å². The number of halogens is 2. The fourth-order valence-electron chi connectivity index (χ4n) is 8.34. The molecule has 63 heavy (non-hydrogen) atoms. The summed E-state index contributed by atoms with van der Waals surface area (Å²) in [4.78, 5) is 63.3. The molecule has 6 heterocycles. The molecule has 1 atom stereocenters. The number of aliphatic hydroxyl groups is 1. The number of primary amides is 1. The maximum Gasteiger partial charge on any atom is 0.229 e. The van der Waals surface area contributed by atoms with Gasteiger partial charge in [-0.3, -0.25) is 14.4 Å². The number of carbonyl (C=O) groups is 3. The van der Waals surface area contributed by atoms with Gasteiger partial charge in [0.15, 0.2) is 23.3 Å². The van der Waals surface area contributed by atoms with Gasteiger partial charge in [-0.1, -0.05) is 0 Å². The van der Waals surface area contributed by atoms with Crippen LogP contribution in [0.3, 0.4) is 0 Å². The van der Waals surface area contributed by atoms with E-state index in [9.17, 15) is 28.3 Å². The zero-order valence-corrected chi connectivity index (χ0v) is 35.9. The third-order valence-electron chi connectivity index (χ3n) is 12.2. The number of amides is 3. The standard InChI is InChI=1S/C22H28FN7O2.C22H29FN6O2/c1-15(31)28-9-11-29(12-10-28)18-6-4-17(5-7-18)26-22-25-13-19(23)21(27-22)30-8-2-3-16(14-30)20(24)32;1-16(31)27-10-12-28(13-11-27)19-4-2-18(3-5-19)25-22-24-14-20(23)21(26-22)29-8-6-17(15-30)7-9-29/h4-7,13,16H,2-3,8-12,14H2,1H3,(H2,24,32)(H,25,26,27);2-5,14,17,30H,6-13,15H2,1H3,(H,24,25,26). The van der Waals surface area contributed by atoms with E-state index in [0.717, 1.165) is 87.5 Å². The summed E-state index contributed by atoms with van der Waals surface area (Å²) in [6.07, 6.45) is 5.45. The SMILES string of the molecule is CC(=O)N1CCN(c2ccc(Nc3ncc(F)c(N4CCC(CO)CC4)n3)cc2)CC1.CC(=O)N1CCN(c2ccc(Nc3ncc(F)c(N4CCCC(C(N)=O)C4)n3)cc2)CC1. The van der Waals surface area contributed by atoms with E-state index in [1.54, 1.807) is 18.7 Å². The number of carbonyl (C=O) groups excluding carboxylic acids is 3. The van der Waals surface area contributed by atoms with Gasteiger partial charge in [0.2, 0.25) is 29.6 Å². The Kier molecular flexibility index (Phi) is 14.7. The minimum absolute atomic E-state index is 0.109. The van der Waals surface area contributed by atoms with Crippen LogP contribution in [0.5, 0.6) is 0 Å². The number of nitrogens with two attached hydrogens (primary N) is 1. The number of nitrogens with zero attached hydrogens (tertiary/aromatic N) is 10. The molecule has 0 spiro atoms. The maximum absolute atomic E-state index is 14.4. The number of rotatable bonds is 10. The second-order valence-corrected chi connectivity index (χ2v) is 16.4. The number of aromatic nitrogens is 4. The second-order valence-electron chi connectivity index (χ2n) is 16.4. The van der Waals surface area contributed by atoms with Crippen molar-refractivity contribution in [3.8, 4) is 0 Å². The number of nitrogens with one attached hydrogen (secondary N) is 2. The zero-order valence-electron chi connectivity index (χ0n) is 35.9. The second kappa shape index (κ2) is 20.7. The van der Waals surface area contributed by atoms with Crippen molar-refractivity contribution in [3.63, 3.8) is 0 Å². The van der Waals surface area contributed by atoms with Crippen molar-refractivity contribution in [1.29, 1.82) is 0 Å². The van der Waals surface area contributed by atoms with Gasteiger partial charge in [-0.2, -0.15) is 9.97 Å². The summed E-state index contributed by atoms with van der Waals surface area (Å²) in [5.41, 5.74) is 9.21. The third kappa shape index (κ3) is 11.6. The molecule has 0 bridgehead atoms. The first kappa shape index (κ1) is 44.7. The summed E-state index contributed by atoms with van der Waals surface area (Å²) in [7, 11) is 0. The highest BCUT2D eigenvalue weighted by molar-refractivity contribution is 5.77. The smallest absolute Gasteiger partial charge is 0.229 e. The highest BCUT2D eigenvalue weighted by atomic mass is 19.1. The van der Waals surface area contributed by atoms with Gasteiger partial charge in [0, 0.05) is 122 Å². The number of piperazine rings is 2. The number of benzene rings is 2. The lowest BCUT2D eigenvalue weighted by molar-refractivity contribution is -0.129. The number of hydrogen-bond acceptors (Lipinski definition) is 14. The van der Waals surface area contributed by atoms with Gasteiger partial charge >= 0.3 is 0 Å². The van der Waals surface area contributed by atoms with Gasteiger partial charge in [0.05, 0.1) is 18.3 Å². The number of hydrogen-bond donors (Lipinski definition) is 4. The Morgan fingerprint density at radius 3 is 1.49 bits per heavy atom. The van der Waals surface area contributed by atoms with Gasteiger partial charge in [-0.05, 0) is 80.1 Å². The number of piperidine rings is 2. The molecule has 1 unspecified atom stereocenters. The molecule has 4 fully saturated rings. The monoisotopic (exact) mass is 869 g/mol. The van der Waals surface area contributed by atoms with E-state index in [1.165, 1.54) is 6.20 Å². The first-order valence-electron chi connectivity index (χ1n) is 21.6. The van der Waals surface area contributed by atoms with Crippen LogP contribution >= 0.6 is 0 Å². The summed E-state index contributed by atoms with van der Waals surface area (Å²) in [6.45, 7) is 11.8. The predicted molar refractivity (Wildman–Crippen MR) is 239 cm³/mol. The zero-order chi connectivity index (χ0) is 44.5. The predicted octanol–water partition coefficient (Wildman–Crippen LogP) is 3.97. The van der Waals surface area contributed by atoms with Gasteiger partial charge in [0.25, 0.3) is 0 Å². The van der Waals surface area contributed by atoms with E-state index in [0.29, 0.717) is 57.5 Å². The van der Waals surface area contributed by atoms with E-state index in [-0.39, 0.29) is 47.9 Å². The molecule has 336 valence electrons. The summed E-state index contributed by atoms with van der Waals surface area (Å²) >= 11 is 0. The molecular formula is C44H57F2N13O4. The molecule has 5 N–H and O–H groups in total. The van der Waals surface area contributed by atoms with E-state index in [1.807, 2.05) is 63.2 Å². The molecule has 2 aromatic carbocycles. The van der Waals surface area contributed by atoms with Gasteiger partial charge in [0.1, 0.15) is 0 Å². The van der Waals surface area contributed by atoms with Crippen molar-refractivity contribution in [2.24, 2.45) is 17.6 Å². The van der Waals surface area contributed by atoms with Crippen LogP contribution in [0, 0.1) is 23.5 Å². The number of anilines is 8. The van der Waals surface area contributed by atoms with Crippen molar-refractivity contribution in [3.05, 3.63) is 72.6 Å². The lowest BCUT2D eigenvalue weighted by atomic mass is 9.97. The van der Waals surface area contributed by atoms with Crippen LogP contribution in [-0.2, 0) is 14.4 Å². The van der Waals surface area contributed by atoms with Crippen LogP contribution in [0.1, 0.15) is 39.5 Å². The average molecular weight is 870 g/mol. The van der Waals surface area contributed by atoms with Crippen LogP contribution in [0.4, 0.5) is 55.1 Å². The Morgan fingerprint density at radius 2 is 1.08 bits per heavy atom. The van der Waals surface area contributed by atoms with Crippen molar-refractivity contribution < 1.29 is 28.3 Å². The Labute approximate surface area is 366 Å². The minimum atomic E-state index is -0.527. The van der Waals surface area contributed by atoms with Crippen molar-refractivity contribution in [1.82, 2.24) is 29.7 Å². The normalized spacial score (nSPS) is 18.4. The van der Waals surface area contributed by atoms with Crippen molar-refractivity contribution in [2.45, 2.75) is 39.5 Å². The molecule has 19 heteroatoms. The van der Waals surface area contributed by atoms with E-state index >= 15 is 0 Å². The van der Waals surface area contributed by atoms with E-state index in [4.69, 9.17) is 5.73 Å². The quantitative estimate of drug-likeness (QED) is 0.179. The Bertz CT molecular complexity index is 2180. The summed E-state index contributed by atoms with van der Waals surface area (Å²) in [5.74, 6) is -0.0226. The first-order valence-corrected chi connectivity index (χ1v) is 21.6. The molecule has 4 aromatic rings. The lowest BCUT2D eigenvalue weighted by Gasteiger charge is -2.35. The Hall–Kier alpha value is -6.37. The Balaban J connectivity index is 0.000000189. The summed E-state index contributed by atoms with van der Waals surface area (Å²) < 4.78 is 28.8. The largest absolute Gasteiger partial charge is 0.396 e. The summed E-state index contributed by atoms with van der Waals surface area (Å²) in [6, 6.07) is 15.8. The molecule has 17 nitrogen and oxygen atoms in total. The van der Waals surface area contributed by atoms with Crippen LogP contribution in [0.2, 0.25) is 0 Å². The van der Waals surface area contributed by atoms with Crippen LogP contribution in [0.25, 0.3) is 0 Å². The average Bonchev–Trinajstić information content (AvgIpc) is 3.31.